The highest BCUT2D eigenvalue weighted by atomic mass is 19.1. The quantitative estimate of drug-likeness (QED) is 0.500. The van der Waals surface area contributed by atoms with Crippen molar-refractivity contribution in [2.24, 2.45) is 5.92 Å². The number of Topliss-reactive ketones (excluding diaryl/α,β-unsaturated/α-hetero) is 1. The highest BCUT2D eigenvalue weighted by molar-refractivity contribution is 5.96. The fraction of sp³-hybridized carbons (Fsp3) is 0.533. The largest absolute Gasteiger partial charge is 0.396 e. The molecule has 1 aromatic carbocycles. The van der Waals surface area contributed by atoms with Crippen LogP contribution in [0.25, 0.3) is 0 Å². The summed E-state index contributed by atoms with van der Waals surface area (Å²) in [4.78, 5) is 12.1. The zero-order valence-electron chi connectivity index (χ0n) is 10.6. The van der Waals surface area contributed by atoms with E-state index in [0.29, 0.717) is 17.9 Å². The third-order valence-corrected chi connectivity index (χ3v) is 3.77. The number of rotatable bonds is 3. The molecule has 0 amide bonds. The van der Waals surface area contributed by atoms with E-state index >= 15 is 0 Å². The highest BCUT2D eigenvalue weighted by Crippen LogP contribution is 2.27. The van der Waals surface area contributed by atoms with Crippen LogP contribution >= 0.6 is 0 Å². The van der Waals surface area contributed by atoms with Gasteiger partial charge in [0.05, 0.1) is 5.69 Å². The van der Waals surface area contributed by atoms with Gasteiger partial charge in [-0.1, -0.05) is 38.5 Å². The first-order chi connectivity index (χ1) is 8.66. The van der Waals surface area contributed by atoms with Crippen LogP contribution in [0.5, 0.6) is 0 Å². The van der Waals surface area contributed by atoms with E-state index in [-0.39, 0.29) is 11.5 Å². The summed E-state index contributed by atoms with van der Waals surface area (Å²) in [5, 5.41) is 0. The Bertz CT molecular complexity index is 423. The van der Waals surface area contributed by atoms with Crippen LogP contribution < -0.4 is 5.73 Å². The van der Waals surface area contributed by atoms with Gasteiger partial charge in [-0.2, -0.15) is 0 Å². The first-order valence-corrected chi connectivity index (χ1v) is 6.75. The van der Waals surface area contributed by atoms with Crippen molar-refractivity contribution in [3.63, 3.8) is 0 Å². The maximum atomic E-state index is 13.3. The predicted octanol–water partition coefficient (Wildman–Crippen LogP) is 3.95. The van der Waals surface area contributed by atoms with Crippen LogP contribution in [0.3, 0.4) is 0 Å². The molecule has 1 fully saturated rings. The molecule has 0 aliphatic heterocycles. The molecular weight excluding hydrogens is 229 g/mol. The number of halogens is 1. The minimum atomic E-state index is -0.498. The smallest absolute Gasteiger partial charge is 0.163 e. The van der Waals surface area contributed by atoms with Crippen molar-refractivity contribution in [1.29, 1.82) is 0 Å². The van der Waals surface area contributed by atoms with E-state index in [9.17, 15) is 9.18 Å². The van der Waals surface area contributed by atoms with Crippen molar-refractivity contribution in [2.75, 3.05) is 5.73 Å². The van der Waals surface area contributed by atoms with Crippen LogP contribution in [0.15, 0.2) is 18.2 Å². The van der Waals surface area contributed by atoms with E-state index in [1.807, 2.05) is 0 Å². The van der Waals surface area contributed by atoms with Gasteiger partial charge in [-0.05, 0) is 24.1 Å². The standard InChI is InChI=1S/C15H20FNO/c16-13-10-12(7-8-14(13)17)15(18)9-11-5-3-1-2-4-6-11/h7-8,10-11H,1-6,9,17H2. The molecule has 98 valence electrons. The molecule has 0 bridgehead atoms. The lowest BCUT2D eigenvalue weighted by atomic mass is 9.92. The van der Waals surface area contributed by atoms with E-state index in [4.69, 9.17) is 5.73 Å². The molecule has 0 heterocycles. The topological polar surface area (TPSA) is 43.1 Å². The van der Waals surface area contributed by atoms with Gasteiger partial charge in [0, 0.05) is 12.0 Å². The second-order valence-corrected chi connectivity index (χ2v) is 5.22. The van der Waals surface area contributed by atoms with E-state index in [0.717, 1.165) is 12.8 Å². The van der Waals surface area contributed by atoms with Gasteiger partial charge in [0.1, 0.15) is 5.82 Å². The molecule has 0 atom stereocenters. The third-order valence-electron chi connectivity index (χ3n) is 3.77. The van der Waals surface area contributed by atoms with E-state index in [1.54, 1.807) is 6.07 Å². The summed E-state index contributed by atoms with van der Waals surface area (Å²) >= 11 is 0. The molecule has 1 aliphatic carbocycles. The number of hydrogen-bond donors (Lipinski definition) is 1. The summed E-state index contributed by atoms with van der Waals surface area (Å²) < 4.78 is 13.3. The molecule has 1 aliphatic rings. The molecule has 2 rings (SSSR count). The Morgan fingerprint density at radius 2 is 1.89 bits per heavy atom. The summed E-state index contributed by atoms with van der Waals surface area (Å²) in [7, 11) is 0. The lowest BCUT2D eigenvalue weighted by molar-refractivity contribution is 0.0956. The molecule has 0 saturated heterocycles. The number of anilines is 1. The van der Waals surface area contributed by atoms with Gasteiger partial charge < -0.3 is 5.73 Å². The fourth-order valence-electron chi connectivity index (χ4n) is 2.65. The monoisotopic (exact) mass is 249 g/mol. The molecule has 1 saturated carbocycles. The van der Waals surface area contributed by atoms with Gasteiger partial charge in [-0.3, -0.25) is 4.79 Å². The first-order valence-electron chi connectivity index (χ1n) is 6.75. The molecule has 3 heteroatoms. The molecule has 0 unspecified atom stereocenters. The van der Waals surface area contributed by atoms with Gasteiger partial charge >= 0.3 is 0 Å². The molecule has 0 spiro atoms. The van der Waals surface area contributed by atoms with Crippen LogP contribution in [0.4, 0.5) is 10.1 Å². The van der Waals surface area contributed by atoms with Gasteiger partial charge in [0.25, 0.3) is 0 Å². The first kappa shape index (κ1) is 13.1. The molecular formula is C15H20FNO. The Morgan fingerprint density at radius 3 is 2.50 bits per heavy atom. The Kier molecular flexibility index (Phi) is 4.34. The minimum Gasteiger partial charge on any atom is -0.396 e. The molecule has 2 N–H and O–H groups in total. The number of carbonyl (C=O) groups is 1. The minimum absolute atomic E-state index is 0.0424. The van der Waals surface area contributed by atoms with Crippen molar-refractivity contribution in [2.45, 2.75) is 44.9 Å². The van der Waals surface area contributed by atoms with Crippen LogP contribution in [-0.4, -0.2) is 5.78 Å². The van der Waals surface area contributed by atoms with Crippen molar-refractivity contribution >= 4 is 11.5 Å². The second kappa shape index (κ2) is 5.98. The molecule has 0 radical (unpaired) electrons. The van der Waals surface area contributed by atoms with Crippen molar-refractivity contribution in [3.8, 4) is 0 Å². The van der Waals surface area contributed by atoms with Crippen LogP contribution in [0.1, 0.15) is 55.3 Å². The Labute approximate surface area is 107 Å². The Hall–Kier alpha value is -1.38. The highest BCUT2D eigenvalue weighted by Gasteiger charge is 2.17. The average Bonchev–Trinajstić information content (AvgIpc) is 2.61. The second-order valence-electron chi connectivity index (χ2n) is 5.22. The number of nitrogen functional groups attached to an aromatic ring is 1. The number of hydrogen-bond acceptors (Lipinski definition) is 2. The van der Waals surface area contributed by atoms with E-state index < -0.39 is 5.82 Å². The number of ketones is 1. The maximum absolute atomic E-state index is 13.3. The molecule has 0 aromatic heterocycles. The van der Waals surface area contributed by atoms with Crippen molar-refractivity contribution in [1.82, 2.24) is 0 Å². The number of nitrogens with two attached hydrogens (primary N) is 1. The number of carbonyl (C=O) groups excluding carboxylic acids is 1. The van der Waals surface area contributed by atoms with Gasteiger partial charge in [0.2, 0.25) is 0 Å². The van der Waals surface area contributed by atoms with Crippen LogP contribution in [0, 0.1) is 11.7 Å². The van der Waals surface area contributed by atoms with Gasteiger partial charge in [-0.25, -0.2) is 4.39 Å². The van der Waals surface area contributed by atoms with Crippen LogP contribution in [0.2, 0.25) is 0 Å². The van der Waals surface area contributed by atoms with Gasteiger partial charge in [-0.15, -0.1) is 0 Å². The average molecular weight is 249 g/mol. The zero-order valence-corrected chi connectivity index (χ0v) is 10.6. The SMILES string of the molecule is Nc1ccc(C(=O)CC2CCCCCC2)cc1F. The van der Waals surface area contributed by atoms with E-state index in [1.165, 1.54) is 37.8 Å². The lowest BCUT2D eigenvalue weighted by Gasteiger charge is -2.12. The zero-order chi connectivity index (χ0) is 13.0. The Balaban J connectivity index is 1.99. The van der Waals surface area contributed by atoms with Gasteiger partial charge in [0.15, 0.2) is 5.78 Å². The summed E-state index contributed by atoms with van der Waals surface area (Å²) in [5.74, 6) is 0.0168. The van der Waals surface area contributed by atoms with Crippen molar-refractivity contribution < 1.29 is 9.18 Å². The predicted molar refractivity (Wildman–Crippen MR) is 71.0 cm³/mol. The lowest BCUT2D eigenvalue weighted by Crippen LogP contribution is -2.09. The Morgan fingerprint density at radius 1 is 1.22 bits per heavy atom. The molecule has 18 heavy (non-hydrogen) atoms. The van der Waals surface area contributed by atoms with Crippen LogP contribution in [-0.2, 0) is 0 Å². The fourth-order valence-corrected chi connectivity index (χ4v) is 2.65. The summed E-state index contributed by atoms with van der Waals surface area (Å²) in [6.07, 6.45) is 7.79. The van der Waals surface area contributed by atoms with E-state index in [2.05, 4.69) is 0 Å². The van der Waals surface area contributed by atoms with Crippen molar-refractivity contribution in [3.05, 3.63) is 29.6 Å². The normalized spacial score (nSPS) is 17.4. The maximum Gasteiger partial charge on any atom is 0.163 e. The summed E-state index contributed by atoms with van der Waals surface area (Å²) in [6.45, 7) is 0. The molecule has 2 nitrogen and oxygen atoms in total. The third kappa shape index (κ3) is 3.31. The summed E-state index contributed by atoms with van der Waals surface area (Å²) in [5.41, 5.74) is 5.96. The molecule has 1 aromatic rings. The number of benzene rings is 1. The summed E-state index contributed by atoms with van der Waals surface area (Å²) in [6, 6.07) is 4.35.